The topological polar surface area (TPSA) is 44.5 Å². The molecule has 1 saturated heterocycles. The average molecular weight is 263 g/mol. The van der Waals surface area contributed by atoms with Gasteiger partial charge in [0.15, 0.2) is 0 Å². The van der Waals surface area contributed by atoms with E-state index in [-0.39, 0.29) is 11.5 Å². The molecule has 106 valence electrons. The lowest BCUT2D eigenvalue weighted by Gasteiger charge is -2.44. The van der Waals surface area contributed by atoms with Gasteiger partial charge in [0.05, 0.1) is 20.3 Å². The fourth-order valence-electron chi connectivity index (χ4n) is 3.27. The molecule has 1 aromatic rings. The number of aryl methyl sites for hydroxylation is 1. The van der Waals surface area contributed by atoms with Crippen molar-refractivity contribution >= 4 is 0 Å². The lowest BCUT2D eigenvalue weighted by molar-refractivity contribution is -0.0669. The number of rotatable bonds is 4. The third kappa shape index (κ3) is 2.37. The summed E-state index contributed by atoms with van der Waals surface area (Å²) in [5.74, 6) is 0.998. The van der Waals surface area contributed by atoms with Gasteiger partial charge < -0.3 is 15.2 Å². The molecule has 0 aromatic heterocycles. The van der Waals surface area contributed by atoms with Crippen LogP contribution in [0.4, 0.5) is 0 Å². The normalized spacial score (nSPS) is 18.8. The van der Waals surface area contributed by atoms with Gasteiger partial charge in [0.25, 0.3) is 0 Å². The fourth-order valence-corrected chi connectivity index (χ4v) is 3.27. The van der Waals surface area contributed by atoms with Crippen LogP contribution in [0, 0.1) is 20.8 Å². The van der Waals surface area contributed by atoms with Gasteiger partial charge in [-0.1, -0.05) is 6.07 Å². The van der Waals surface area contributed by atoms with Gasteiger partial charge in [0.2, 0.25) is 0 Å². The van der Waals surface area contributed by atoms with Gasteiger partial charge in [-0.05, 0) is 56.4 Å². The third-order valence-corrected chi connectivity index (χ3v) is 4.27. The summed E-state index contributed by atoms with van der Waals surface area (Å²) in [5, 5.41) is 0. The molecule has 3 heteroatoms. The molecule has 0 spiro atoms. The quantitative estimate of drug-likeness (QED) is 0.908. The van der Waals surface area contributed by atoms with E-state index < -0.39 is 0 Å². The summed E-state index contributed by atoms with van der Waals surface area (Å²) >= 11 is 0. The highest BCUT2D eigenvalue weighted by molar-refractivity contribution is 5.52. The summed E-state index contributed by atoms with van der Waals surface area (Å²) in [6.07, 6.45) is 0.971. The van der Waals surface area contributed by atoms with Crippen molar-refractivity contribution < 1.29 is 9.47 Å². The first kappa shape index (κ1) is 14.4. The first-order valence-corrected chi connectivity index (χ1v) is 6.90. The fraction of sp³-hybridized carbons (Fsp3) is 0.625. The van der Waals surface area contributed by atoms with E-state index in [4.69, 9.17) is 15.2 Å². The van der Waals surface area contributed by atoms with E-state index in [1.807, 2.05) is 0 Å². The van der Waals surface area contributed by atoms with Crippen LogP contribution in [0.25, 0.3) is 0 Å². The Kier molecular flexibility index (Phi) is 3.88. The largest absolute Gasteiger partial charge is 0.496 e. The van der Waals surface area contributed by atoms with E-state index in [0.29, 0.717) is 0 Å². The van der Waals surface area contributed by atoms with Crippen molar-refractivity contribution in [3.63, 3.8) is 0 Å². The second kappa shape index (κ2) is 5.14. The Morgan fingerprint density at radius 2 is 1.95 bits per heavy atom. The van der Waals surface area contributed by atoms with E-state index in [0.717, 1.165) is 25.4 Å². The first-order chi connectivity index (χ1) is 8.91. The van der Waals surface area contributed by atoms with Crippen molar-refractivity contribution in [1.82, 2.24) is 0 Å². The van der Waals surface area contributed by atoms with Crippen LogP contribution in [0.3, 0.4) is 0 Å². The molecule has 0 bridgehead atoms. The zero-order chi connectivity index (χ0) is 14.2. The summed E-state index contributed by atoms with van der Waals surface area (Å²) in [6.45, 7) is 10.0. The number of hydrogen-bond donors (Lipinski definition) is 1. The van der Waals surface area contributed by atoms with Crippen LogP contribution in [0.2, 0.25) is 0 Å². The molecule has 1 aromatic carbocycles. The van der Waals surface area contributed by atoms with Crippen molar-refractivity contribution in [2.45, 2.75) is 45.6 Å². The Labute approximate surface area is 116 Å². The summed E-state index contributed by atoms with van der Waals surface area (Å²) in [7, 11) is 1.73. The SMILES string of the molecule is COc1c(C)cc(C2(CC(C)N)COC2)c(C)c1C. The molecule has 0 saturated carbocycles. The molecule has 1 unspecified atom stereocenters. The van der Waals surface area contributed by atoms with E-state index >= 15 is 0 Å². The molecule has 1 aliphatic heterocycles. The molecule has 1 fully saturated rings. The lowest BCUT2D eigenvalue weighted by atomic mass is 9.71. The minimum Gasteiger partial charge on any atom is -0.496 e. The van der Waals surface area contributed by atoms with Gasteiger partial charge in [0.1, 0.15) is 5.75 Å². The van der Waals surface area contributed by atoms with Crippen molar-refractivity contribution in [3.05, 3.63) is 28.3 Å². The maximum atomic E-state index is 6.03. The molecular formula is C16H25NO2. The number of methoxy groups -OCH3 is 1. The predicted octanol–water partition coefficient (Wildman–Crippen LogP) is 2.63. The van der Waals surface area contributed by atoms with Crippen LogP contribution in [-0.4, -0.2) is 26.4 Å². The Morgan fingerprint density at radius 1 is 1.32 bits per heavy atom. The molecule has 2 N–H and O–H groups in total. The molecule has 1 atom stereocenters. The van der Waals surface area contributed by atoms with Gasteiger partial charge in [-0.15, -0.1) is 0 Å². The monoisotopic (exact) mass is 263 g/mol. The predicted molar refractivity (Wildman–Crippen MR) is 78.0 cm³/mol. The molecule has 1 aliphatic rings. The molecule has 2 rings (SSSR count). The zero-order valence-electron chi connectivity index (χ0n) is 12.7. The summed E-state index contributed by atoms with van der Waals surface area (Å²) in [6, 6.07) is 2.44. The Morgan fingerprint density at radius 3 is 2.37 bits per heavy atom. The Bertz CT molecular complexity index is 476. The minimum atomic E-state index is 0.0973. The molecule has 0 amide bonds. The van der Waals surface area contributed by atoms with Gasteiger partial charge in [0, 0.05) is 11.5 Å². The van der Waals surface area contributed by atoms with Gasteiger partial charge >= 0.3 is 0 Å². The average Bonchev–Trinajstić information content (AvgIpc) is 2.29. The van der Waals surface area contributed by atoms with Gasteiger partial charge in [-0.25, -0.2) is 0 Å². The minimum absolute atomic E-state index is 0.0973. The van der Waals surface area contributed by atoms with Crippen LogP contribution in [0.15, 0.2) is 6.07 Å². The highest BCUT2D eigenvalue weighted by Crippen LogP contribution is 2.41. The standard InChI is InChI=1S/C16H25NO2/c1-10-6-14(12(3)13(4)15(10)18-5)16(7-11(2)17)8-19-9-16/h6,11H,7-9,17H2,1-5H3. The first-order valence-electron chi connectivity index (χ1n) is 6.90. The van der Waals surface area contributed by atoms with E-state index in [1.54, 1.807) is 7.11 Å². The Balaban J connectivity index is 2.50. The number of nitrogens with two attached hydrogens (primary N) is 1. The van der Waals surface area contributed by atoms with Crippen LogP contribution in [-0.2, 0) is 10.2 Å². The smallest absolute Gasteiger partial charge is 0.124 e. The molecule has 0 radical (unpaired) electrons. The Hall–Kier alpha value is -1.06. The second-order valence-corrected chi connectivity index (χ2v) is 5.98. The lowest BCUT2D eigenvalue weighted by Crippen LogP contribution is -2.50. The molecule has 1 heterocycles. The van der Waals surface area contributed by atoms with Crippen LogP contribution < -0.4 is 10.5 Å². The summed E-state index contributed by atoms with van der Waals surface area (Å²) in [5.41, 5.74) is 11.2. The van der Waals surface area contributed by atoms with E-state index in [2.05, 4.69) is 33.8 Å². The van der Waals surface area contributed by atoms with Gasteiger partial charge in [-0.3, -0.25) is 0 Å². The van der Waals surface area contributed by atoms with Crippen LogP contribution in [0.5, 0.6) is 5.75 Å². The summed E-state index contributed by atoms with van der Waals surface area (Å²) in [4.78, 5) is 0. The van der Waals surface area contributed by atoms with Gasteiger partial charge in [-0.2, -0.15) is 0 Å². The van der Waals surface area contributed by atoms with Crippen molar-refractivity contribution in [1.29, 1.82) is 0 Å². The molecule has 0 aliphatic carbocycles. The third-order valence-electron chi connectivity index (χ3n) is 4.27. The summed E-state index contributed by atoms with van der Waals surface area (Å²) < 4.78 is 11.0. The zero-order valence-corrected chi connectivity index (χ0v) is 12.7. The number of ether oxygens (including phenoxy) is 2. The van der Waals surface area contributed by atoms with Crippen molar-refractivity contribution in [2.24, 2.45) is 5.73 Å². The maximum absolute atomic E-state index is 6.03. The van der Waals surface area contributed by atoms with E-state index in [1.165, 1.54) is 22.3 Å². The molecule has 19 heavy (non-hydrogen) atoms. The molecular weight excluding hydrogens is 238 g/mol. The van der Waals surface area contributed by atoms with Crippen molar-refractivity contribution in [2.75, 3.05) is 20.3 Å². The highest BCUT2D eigenvalue weighted by atomic mass is 16.5. The number of benzene rings is 1. The maximum Gasteiger partial charge on any atom is 0.124 e. The van der Waals surface area contributed by atoms with Crippen molar-refractivity contribution in [3.8, 4) is 5.75 Å². The number of hydrogen-bond acceptors (Lipinski definition) is 3. The second-order valence-electron chi connectivity index (χ2n) is 5.98. The van der Waals surface area contributed by atoms with Crippen LogP contribution >= 0.6 is 0 Å². The highest BCUT2D eigenvalue weighted by Gasteiger charge is 2.42. The van der Waals surface area contributed by atoms with Crippen LogP contribution in [0.1, 0.15) is 35.6 Å². The molecule has 3 nitrogen and oxygen atoms in total. The van der Waals surface area contributed by atoms with E-state index in [9.17, 15) is 0 Å².